The van der Waals surface area contributed by atoms with Crippen molar-refractivity contribution in [3.05, 3.63) is 89.6 Å². The summed E-state index contributed by atoms with van der Waals surface area (Å²) in [5.74, 6) is -1.72. The van der Waals surface area contributed by atoms with Gasteiger partial charge in [-0.1, -0.05) is 48.0 Å². The van der Waals surface area contributed by atoms with Crippen LogP contribution in [0, 0.1) is 6.92 Å². The number of carbonyl (C=O) groups is 3. The van der Waals surface area contributed by atoms with Crippen LogP contribution in [-0.2, 0) is 16.1 Å². The molecule has 0 aliphatic heterocycles. The van der Waals surface area contributed by atoms with Gasteiger partial charge in [0.15, 0.2) is 0 Å². The van der Waals surface area contributed by atoms with Crippen LogP contribution in [0.3, 0.4) is 0 Å². The summed E-state index contributed by atoms with van der Waals surface area (Å²) < 4.78 is 0. The van der Waals surface area contributed by atoms with Gasteiger partial charge in [0.1, 0.15) is 5.69 Å². The van der Waals surface area contributed by atoms with Crippen molar-refractivity contribution in [1.82, 2.24) is 15.6 Å². The molecule has 0 fully saturated rings. The van der Waals surface area contributed by atoms with Crippen molar-refractivity contribution >= 4 is 34.3 Å². The van der Waals surface area contributed by atoms with E-state index in [2.05, 4.69) is 27.0 Å². The van der Waals surface area contributed by atoms with Crippen molar-refractivity contribution in [1.29, 1.82) is 0 Å². The predicted octanol–water partition coefficient (Wildman–Crippen LogP) is 3.76. The van der Waals surface area contributed by atoms with Crippen LogP contribution in [0.15, 0.2) is 72.8 Å². The number of nitrogens with one attached hydrogen (secondary N) is 4. The Labute approximate surface area is 191 Å². The summed E-state index contributed by atoms with van der Waals surface area (Å²) in [5.41, 5.74) is 5.85. The quantitative estimate of drug-likeness (QED) is 0.355. The van der Waals surface area contributed by atoms with E-state index in [1.165, 1.54) is 5.56 Å². The maximum atomic E-state index is 12.4. The van der Waals surface area contributed by atoms with Crippen molar-refractivity contribution in [2.24, 2.45) is 0 Å². The highest BCUT2D eigenvalue weighted by molar-refractivity contribution is 6.39. The Morgan fingerprint density at radius 3 is 2.36 bits per heavy atom. The minimum Gasteiger partial charge on any atom is -0.354 e. The number of benzene rings is 3. The number of rotatable bonds is 5. The summed E-state index contributed by atoms with van der Waals surface area (Å²) in [6.45, 7) is 2.28. The van der Waals surface area contributed by atoms with Gasteiger partial charge in [0.2, 0.25) is 0 Å². The molecular formula is C26H24N4O3. The number of H-pyrrole nitrogens is 1. The zero-order valence-corrected chi connectivity index (χ0v) is 18.4. The standard InChI is InChI=1S/C26H24N4O3/c1-16-5-3-7-18(11-16)19-8-4-6-17(12-19)15-28-25(32)26(33)29-21-9-10-22-20(13-21)14-23(30-22)24(31)27-2/h3-14,30H,15H2,1-2H3,(H,27,31)(H,28,32)(H,29,33). The van der Waals surface area contributed by atoms with E-state index in [1.807, 2.05) is 49.4 Å². The second-order valence-electron chi connectivity index (χ2n) is 7.77. The van der Waals surface area contributed by atoms with E-state index in [1.54, 1.807) is 31.3 Å². The molecule has 3 aromatic carbocycles. The van der Waals surface area contributed by atoms with Crippen LogP contribution in [0.1, 0.15) is 21.6 Å². The van der Waals surface area contributed by atoms with Crippen LogP contribution in [0.2, 0.25) is 0 Å². The molecule has 1 aromatic heterocycles. The molecular weight excluding hydrogens is 416 g/mol. The lowest BCUT2D eigenvalue weighted by Crippen LogP contribution is -2.34. The maximum Gasteiger partial charge on any atom is 0.313 e. The molecule has 0 unspecified atom stereocenters. The molecule has 7 heteroatoms. The molecule has 166 valence electrons. The Kier molecular flexibility index (Phi) is 6.22. The Balaban J connectivity index is 1.39. The molecule has 0 atom stereocenters. The molecule has 0 aliphatic rings. The fourth-order valence-corrected chi connectivity index (χ4v) is 3.60. The first-order valence-corrected chi connectivity index (χ1v) is 10.5. The maximum absolute atomic E-state index is 12.4. The smallest absolute Gasteiger partial charge is 0.313 e. The highest BCUT2D eigenvalue weighted by atomic mass is 16.2. The number of carbonyl (C=O) groups excluding carboxylic acids is 3. The summed E-state index contributed by atoms with van der Waals surface area (Å²) in [6.07, 6.45) is 0. The molecule has 3 amide bonds. The second-order valence-corrected chi connectivity index (χ2v) is 7.77. The number of hydrogen-bond donors (Lipinski definition) is 4. The SMILES string of the molecule is CNC(=O)c1cc2cc(NC(=O)C(=O)NCc3cccc(-c4cccc(C)c4)c3)ccc2[nH]1. The average Bonchev–Trinajstić information content (AvgIpc) is 3.25. The van der Waals surface area contributed by atoms with Gasteiger partial charge in [-0.25, -0.2) is 0 Å². The Hall–Kier alpha value is -4.39. The van der Waals surface area contributed by atoms with E-state index in [9.17, 15) is 14.4 Å². The third-order valence-corrected chi connectivity index (χ3v) is 5.29. The van der Waals surface area contributed by atoms with Gasteiger partial charge in [0.25, 0.3) is 5.91 Å². The Morgan fingerprint density at radius 2 is 1.61 bits per heavy atom. The topological polar surface area (TPSA) is 103 Å². The number of fused-ring (bicyclic) bond motifs is 1. The Bertz CT molecular complexity index is 1360. The number of aryl methyl sites for hydroxylation is 1. The van der Waals surface area contributed by atoms with E-state index >= 15 is 0 Å². The summed E-state index contributed by atoms with van der Waals surface area (Å²) in [4.78, 5) is 39.5. The number of hydrogen-bond acceptors (Lipinski definition) is 3. The van der Waals surface area contributed by atoms with Crippen molar-refractivity contribution in [3.63, 3.8) is 0 Å². The predicted molar refractivity (Wildman–Crippen MR) is 129 cm³/mol. The average molecular weight is 441 g/mol. The minimum absolute atomic E-state index is 0.234. The normalized spacial score (nSPS) is 10.6. The van der Waals surface area contributed by atoms with Crippen LogP contribution in [0.4, 0.5) is 5.69 Å². The molecule has 0 spiro atoms. The zero-order valence-electron chi connectivity index (χ0n) is 18.4. The van der Waals surface area contributed by atoms with Crippen LogP contribution in [0.5, 0.6) is 0 Å². The van der Waals surface area contributed by atoms with Gasteiger partial charge in [-0.3, -0.25) is 14.4 Å². The molecule has 0 bridgehead atoms. The third-order valence-electron chi connectivity index (χ3n) is 5.29. The number of anilines is 1. The van der Waals surface area contributed by atoms with Gasteiger partial charge in [-0.15, -0.1) is 0 Å². The van der Waals surface area contributed by atoms with E-state index in [0.29, 0.717) is 11.4 Å². The lowest BCUT2D eigenvalue weighted by molar-refractivity contribution is -0.136. The summed E-state index contributed by atoms with van der Waals surface area (Å²) in [7, 11) is 1.55. The molecule has 0 saturated carbocycles. The first-order chi connectivity index (χ1) is 15.9. The van der Waals surface area contributed by atoms with Crippen LogP contribution in [0.25, 0.3) is 22.0 Å². The molecule has 0 radical (unpaired) electrons. The molecule has 33 heavy (non-hydrogen) atoms. The van der Waals surface area contributed by atoms with Gasteiger partial charge in [-0.2, -0.15) is 0 Å². The Morgan fingerprint density at radius 1 is 0.848 bits per heavy atom. The van der Waals surface area contributed by atoms with E-state index in [-0.39, 0.29) is 12.5 Å². The van der Waals surface area contributed by atoms with Crippen LogP contribution in [-0.4, -0.2) is 29.8 Å². The molecule has 0 saturated heterocycles. The fourth-order valence-electron chi connectivity index (χ4n) is 3.60. The van der Waals surface area contributed by atoms with Gasteiger partial charge < -0.3 is 20.9 Å². The molecule has 0 aliphatic carbocycles. The molecule has 4 aromatic rings. The van der Waals surface area contributed by atoms with Crippen molar-refractivity contribution in [3.8, 4) is 11.1 Å². The van der Waals surface area contributed by atoms with Gasteiger partial charge in [0, 0.05) is 30.2 Å². The molecule has 1 heterocycles. The largest absolute Gasteiger partial charge is 0.354 e. The number of aromatic amines is 1. The van der Waals surface area contributed by atoms with E-state index < -0.39 is 11.8 Å². The lowest BCUT2D eigenvalue weighted by Gasteiger charge is -2.09. The number of aromatic nitrogens is 1. The second kappa shape index (κ2) is 9.40. The zero-order chi connectivity index (χ0) is 23.4. The van der Waals surface area contributed by atoms with Crippen molar-refractivity contribution in [2.45, 2.75) is 13.5 Å². The van der Waals surface area contributed by atoms with Crippen molar-refractivity contribution in [2.75, 3.05) is 12.4 Å². The molecule has 7 nitrogen and oxygen atoms in total. The van der Waals surface area contributed by atoms with E-state index in [4.69, 9.17) is 0 Å². The van der Waals surface area contributed by atoms with E-state index in [0.717, 1.165) is 27.6 Å². The van der Waals surface area contributed by atoms with Gasteiger partial charge >= 0.3 is 11.8 Å². The van der Waals surface area contributed by atoms with Crippen molar-refractivity contribution < 1.29 is 14.4 Å². The summed E-state index contributed by atoms with van der Waals surface area (Å²) in [5, 5.41) is 8.57. The number of amides is 3. The first kappa shape index (κ1) is 21.8. The molecule has 4 rings (SSSR count). The van der Waals surface area contributed by atoms with Gasteiger partial charge in [-0.05, 0) is 53.9 Å². The van der Waals surface area contributed by atoms with Crippen LogP contribution < -0.4 is 16.0 Å². The fraction of sp³-hybridized carbons (Fsp3) is 0.115. The monoisotopic (exact) mass is 440 g/mol. The summed E-state index contributed by atoms with van der Waals surface area (Å²) >= 11 is 0. The molecule has 4 N–H and O–H groups in total. The first-order valence-electron chi connectivity index (χ1n) is 10.5. The van der Waals surface area contributed by atoms with Gasteiger partial charge in [0.05, 0.1) is 0 Å². The minimum atomic E-state index is -0.758. The third kappa shape index (κ3) is 5.10. The van der Waals surface area contributed by atoms with Crippen LogP contribution >= 0.6 is 0 Å². The lowest BCUT2D eigenvalue weighted by atomic mass is 10.0. The highest BCUT2D eigenvalue weighted by Crippen LogP contribution is 2.22. The summed E-state index contributed by atoms with van der Waals surface area (Å²) in [6, 6.07) is 22.8. The highest BCUT2D eigenvalue weighted by Gasteiger charge is 2.15.